The number of benzene rings is 2. The number of nitro groups is 1. The van der Waals surface area contributed by atoms with Crippen LogP contribution in [0.3, 0.4) is 0 Å². The average Bonchev–Trinajstić information content (AvgIpc) is 2.82. The summed E-state index contributed by atoms with van der Waals surface area (Å²) in [6, 6.07) is 8.52. The number of carbonyl (C=O) groups excluding carboxylic acids is 1. The molecule has 1 amide bonds. The largest absolute Gasteiger partial charge is 0.486 e. The number of nitro benzene ring substituents is 1. The molecule has 0 saturated carbocycles. The van der Waals surface area contributed by atoms with Crippen molar-refractivity contribution in [3.05, 3.63) is 52.1 Å². The Bertz CT molecular complexity index is 1160. The van der Waals surface area contributed by atoms with Gasteiger partial charge in [-0.1, -0.05) is 0 Å². The van der Waals surface area contributed by atoms with E-state index in [1.165, 1.54) is 39.5 Å². The predicted octanol–water partition coefficient (Wildman–Crippen LogP) is 1.55. The molecule has 32 heavy (non-hydrogen) atoms. The van der Waals surface area contributed by atoms with Crippen LogP contribution in [-0.2, 0) is 10.0 Å². The van der Waals surface area contributed by atoms with Crippen molar-refractivity contribution >= 4 is 27.3 Å². The Morgan fingerprint density at radius 1 is 1.03 bits per heavy atom. The Kier molecular flexibility index (Phi) is 5.89. The lowest BCUT2D eigenvalue weighted by atomic mass is 10.1. The number of fused-ring (bicyclic) bond motifs is 1. The Hall–Kier alpha value is -3.38. The highest BCUT2D eigenvalue weighted by Crippen LogP contribution is 2.33. The molecule has 0 unspecified atom stereocenters. The van der Waals surface area contributed by atoms with E-state index < -0.39 is 20.9 Å². The van der Waals surface area contributed by atoms with E-state index in [1.807, 2.05) is 0 Å². The van der Waals surface area contributed by atoms with Gasteiger partial charge in [0.1, 0.15) is 13.2 Å². The molecule has 0 aliphatic carbocycles. The van der Waals surface area contributed by atoms with Gasteiger partial charge in [-0.25, -0.2) is 8.42 Å². The number of ether oxygens (including phenoxy) is 2. The van der Waals surface area contributed by atoms with Gasteiger partial charge in [0.25, 0.3) is 11.6 Å². The van der Waals surface area contributed by atoms with Gasteiger partial charge in [0.05, 0.1) is 15.4 Å². The van der Waals surface area contributed by atoms with E-state index in [4.69, 9.17) is 9.47 Å². The standard InChI is InChI=1S/C20H22N4O7S/c1-21-17-4-2-14(24(26)27)12-16(17)20(25)22-6-8-23(9-7-22)32(28,29)15-3-5-18-19(13-15)31-11-10-30-18/h2-5,12-13,21H,6-11H2,1H3. The third-order valence-electron chi connectivity index (χ3n) is 5.39. The topological polar surface area (TPSA) is 131 Å². The number of non-ortho nitro benzene ring substituents is 1. The number of amides is 1. The van der Waals surface area contributed by atoms with Gasteiger partial charge < -0.3 is 19.7 Å². The van der Waals surface area contributed by atoms with Crippen molar-refractivity contribution in [3.63, 3.8) is 0 Å². The van der Waals surface area contributed by atoms with E-state index in [0.29, 0.717) is 30.4 Å². The Morgan fingerprint density at radius 3 is 2.38 bits per heavy atom. The summed E-state index contributed by atoms with van der Waals surface area (Å²) in [4.78, 5) is 25.1. The number of rotatable bonds is 5. The molecule has 0 bridgehead atoms. The Labute approximate surface area is 184 Å². The van der Waals surface area contributed by atoms with Crippen LogP contribution in [0.25, 0.3) is 0 Å². The maximum atomic E-state index is 13.1. The summed E-state index contributed by atoms with van der Waals surface area (Å²) < 4.78 is 38.4. The smallest absolute Gasteiger partial charge is 0.270 e. The number of anilines is 1. The fraction of sp³-hybridized carbons (Fsp3) is 0.350. The second-order valence-electron chi connectivity index (χ2n) is 7.24. The van der Waals surface area contributed by atoms with Crippen LogP contribution in [0.15, 0.2) is 41.3 Å². The van der Waals surface area contributed by atoms with Crippen LogP contribution in [0, 0.1) is 10.1 Å². The van der Waals surface area contributed by atoms with E-state index in [0.717, 1.165) is 0 Å². The quantitative estimate of drug-likeness (QED) is 0.523. The summed E-state index contributed by atoms with van der Waals surface area (Å²) in [6.45, 7) is 1.29. The minimum Gasteiger partial charge on any atom is -0.486 e. The summed E-state index contributed by atoms with van der Waals surface area (Å²) in [5.41, 5.74) is 0.448. The molecule has 2 aromatic carbocycles. The normalized spacial score (nSPS) is 16.5. The van der Waals surface area contributed by atoms with E-state index in [-0.39, 0.29) is 42.3 Å². The first-order valence-corrected chi connectivity index (χ1v) is 11.4. The summed E-state index contributed by atoms with van der Waals surface area (Å²) in [5.74, 6) is 0.494. The monoisotopic (exact) mass is 462 g/mol. The van der Waals surface area contributed by atoms with Crippen molar-refractivity contribution in [1.29, 1.82) is 0 Å². The van der Waals surface area contributed by atoms with Crippen molar-refractivity contribution in [2.24, 2.45) is 0 Å². The minimum atomic E-state index is -3.78. The number of piperazine rings is 1. The fourth-order valence-electron chi connectivity index (χ4n) is 3.68. The van der Waals surface area contributed by atoms with Crippen LogP contribution in [0.4, 0.5) is 11.4 Å². The van der Waals surface area contributed by atoms with Crippen molar-refractivity contribution in [3.8, 4) is 11.5 Å². The van der Waals surface area contributed by atoms with Crippen LogP contribution in [0.2, 0.25) is 0 Å². The van der Waals surface area contributed by atoms with Gasteiger partial charge in [-0.15, -0.1) is 0 Å². The number of sulfonamides is 1. The molecule has 2 aromatic rings. The van der Waals surface area contributed by atoms with Gasteiger partial charge in [0.15, 0.2) is 11.5 Å². The van der Waals surface area contributed by atoms with Gasteiger partial charge >= 0.3 is 0 Å². The molecule has 11 nitrogen and oxygen atoms in total. The van der Waals surface area contributed by atoms with E-state index in [1.54, 1.807) is 13.1 Å². The lowest BCUT2D eigenvalue weighted by Gasteiger charge is -2.34. The lowest BCUT2D eigenvalue weighted by Crippen LogP contribution is -2.50. The van der Waals surface area contributed by atoms with Crippen molar-refractivity contribution < 1.29 is 27.6 Å². The molecule has 170 valence electrons. The van der Waals surface area contributed by atoms with Crippen LogP contribution in [0.1, 0.15) is 10.4 Å². The Balaban J connectivity index is 1.49. The molecular formula is C20H22N4O7S. The number of nitrogens with zero attached hydrogens (tertiary/aromatic N) is 3. The molecule has 2 aliphatic heterocycles. The zero-order valence-corrected chi connectivity index (χ0v) is 18.1. The first-order chi connectivity index (χ1) is 15.3. The van der Waals surface area contributed by atoms with Gasteiger partial charge in [-0.2, -0.15) is 4.31 Å². The number of nitrogens with one attached hydrogen (secondary N) is 1. The van der Waals surface area contributed by atoms with Crippen molar-refractivity contribution in [2.75, 3.05) is 51.8 Å². The fourth-order valence-corrected chi connectivity index (χ4v) is 5.11. The molecule has 0 aromatic heterocycles. The second-order valence-corrected chi connectivity index (χ2v) is 9.18. The van der Waals surface area contributed by atoms with E-state index in [9.17, 15) is 23.3 Å². The van der Waals surface area contributed by atoms with Crippen LogP contribution in [-0.4, -0.2) is 74.9 Å². The lowest BCUT2D eigenvalue weighted by molar-refractivity contribution is -0.384. The summed E-state index contributed by atoms with van der Waals surface area (Å²) in [6.07, 6.45) is 0. The minimum absolute atomic E-state index is 0.0951. The number of hydrogen-bond acceptors (Lipinski definition) is 8. The molecule has 12 heteroatoms. The highest BCUT2D eigenvalue weighted by Gasteiger charge is 2.32. The zero-order chi connectivity index (χ0) is 22.9. The molecule has 2 aliphatic rings. The molecule has 1 saturated heterocycles. The van der Waals surface area contributed by atoms with Crippen LogP contribution in [0.5, 0.6) is 11.5 Å². The SMILES string of the molecule is CNc1ccc([N+](=O)[O-])cc1C(=O)N1CCN(S(=O)(=O)c2ccc3c(c2)OCCO3)CC1. The average molecular weight is 462 g/mol. The summed E-state index contributed by atoms with van der Waals surface area (Å²) in [5, 5.41) is 14.0. The second kappa shape index (κ2) is 8.63. The highest BCUT2D eigenvalue weighted by molar-refractivity contribution is 7.89. The molecule has 0 radical (unpaired) electrons. The van der Waals surface area contributed by atoms with Crippen molar-refractivity contribution in [2.45, 2.75) is 4.90 Å². The van der Waals surface area contributed by atoms with Crippen LogP contribution >= 0.6 is 0 Å². The third kappa shape index (κ3) is 4.06. The van der Waals surface area contributed by atoms with Crippen LogP contribution < -0.4 is 14.8 Å². The molecule has 1 N–H and O–H groups in total. The Morgan fingerprint density at radius 2 is 1.72 bits per heavy atom. The number of hydrogen-bond donors (Lipinski definition) is 1. The van der Waals surface area contributed by atoms with Gasteiger partial charge in [-0.3, -0.25) is 14.9 Å². The maximum absolute atomic E-state index is 13.1. The van der Waals surface area contributed by atoms with Gasteiger partial charge in [0, 0.05) is 57.1 Å². The summed E-state index contributed by atoms with van der Waals surface area (Å²) in [7, 11) is -2.16. The van der Waals surface area contributed by atoms with E-state index >= 15 is 0 Å². The maximum Gasteiger partial charge on any atom is 0.270 e. The molecular weight excluding hydrogens is 440 g/mol. The third-order valence-corrected chi connectivity index (χ3v) is 7.29. The molecule has 1 fully saturated rings. The summed E-state index contributed by atoms with van der Waals surface area (Å²) >= 11 is 0. The first-order valence-electron chi connectivity index (χ1n) is 9.96. The van der Waals surface area contributed by atoms with Gasteiger partial charge in [0.2, 0.25) is 10.0 Å². The number of carbonyl (C=O) groups is 1. The molecule has 0 atom stereocenters. The van der Waals surface area contributed by atoms with Gasteiger partial charge in [-0.05, 0) is 18.2 Å². The zero-order valence-electron chi connectivity index (χ0n) is 17.3. The van der Waals surface area contributed by atoms with Crippen molar-refractivity contribution in [1.82, 2.24) is 9.21 Å². The molecule has 2 heterocycles. The highest BCUT2D eigenvalue weighted by atomic mass is 32.2. The molecule has 0 spiro atoms. The first kappa shape index (κ1) is 21.8. The predicted molar refractivity (Wildman–Crippen MR) is 115 cm³/mol. The molecule has 4 rings (SSSR count). The van der Waals surface area contributed by atoms with E-state index in [2.05, 4.69) is 5.32 Å².